The van der Waals surface area contributed by atoms with Crippen LogP contribution in [0.5, 0.6) is 0 Å². The molecule has 20 heavy (non-hydrogen) atoms. The summed E-state index contributed by atoms with van der Waals surface area (Å²) >= 11 is 0. The Hall–Kier alpha value is -1.93. The van der Waals surface area contributed by atoms with Crippen molar-refractivity contribution in [3.8, 4) is 0 Å². The minimum Gasteiger partial charge on any atom is -0.478 e. The van der Waals surface area contributed by atoms with Gasteiger partial charge >= 0.3 is 5.97 Å². The van der Waals surface area contributed by atoms with Gasteiger partial charge in [-0.05, 0) is 31.5 Å². The molecule has 1 atom stereocenters. The summed E-state index contributed by atoms with van der Waals surface area (Å²) in [7, 11) is -2.58. The molecule has 0 spiro atoms. The van der Waals surface area contributed by atoms with Crippen LogP contribution in [0.25, 0.3) is 0 Å². The number of carbonyl (C=O) groups is 2. The lowest BCUT2D eigenvalue weighted by molar-refractivity contribution is -0.121. The van der Waals surface area contributed by atoms with Crippen molar-refractivity contribution in [3.05, 3.63) is 29.3 Å². The molecule has 0 saturated carbocycles. The maximum absolute atomic E-state index is 12.2. The monoisotopic (exact) mass is 300 g/mol. The molecule has 0 aliphatic carbocycles. The summed E-state index contributed by atoms with van der Waals surface area (Å²) in [4.78, 5) is 22.1. The second-order valence-electron chi connectivity index (χ2n) is 4.24. The van der Waals surface area contributed by atoms with Crippen molar-refractivity contribution in [2.45, 2.75) is 24.8 Å². The third-order valence-corrected chi connectivity index (χ3v) is 4.38. The topological polar surface area (TPSA) is 113 Å². The molecule has 1 amide bonds. The van der Waals surface area contributed by atoms with Crippen LogP contribution in [0.4, 0.5) is 0 Å². The largest absolute Gasteiger partial charge is 0.478 e. The van der Waals surface area contributed by atoms with E-state index in [-0.39, 0.29) is 10.5 Å². The van der Waals surface area contributed by atoms with E-state index in [9.17, 15) is 18.0 Å². The maximum Gasteiger partial charge on any atom is 0.335 e. The summed E-state index contributed by atoms with van der Waals surface area (Å²) in [6, 6.07) is 2.83. The average Bonchev–Trinajstić information content (AvgIpc) is 2.37. The van der Waals surface area contributed by atoms with Crippen LogP contribution in [0.3, 0.4) is 0 Å². The highest BCUT2D eigenvalue weighted by atomic mass is 32.2. The highest BCUT2D eigenvalue weighted by Gasteiger charge is 2.23. The van der Waals surface area contributed by atoms with E-state index in [1.807, 2.05) is 0 Å². The number of hydrogen-bond acceptors (Lipinski definition) is 4. The molecular weight excluding hydrogens is 284 g/mol. The highest BCUT2D eigenvalue weighted by molar-refractivity contribution is 7.89. The summed E-state index contributed by atoms with van der Waals surface area (Å²) in [6.07, 6.45) is 0. The Labute approximate surface area is 117 Å². The van der Waals surface area contributed by atoms with Gasteiger partial charge in [-0.15, -0.1) is 0 Å². The zero-order valence-electron chi connectivity index (χ0n) is 11.3. The van der Waals surface area contributed by atoms with E-state index in [4.69, 9.17) is 5.11 Å². The van der Waals surface area contributed by atoms with Crippen LogP contribution in [-0.2, 0) is 14.8 Å². The average molecular weight is 300 g/mol. The van der Waals surface area contributed by atoms with Gasteiger partial charge in [0.05, 0.1) is 16.5 Å². The molecule has 8 heteroatoms. The van der Waals surface area contributed by atoms with Gasteiger partial charge in [0.1, 0.15) is 0 Å². The minimum absolute atomic E-state index is 0.136. The standard InChI is InChI=1S/C12H16N2O5S/c1-7-4-5-9(12(16)17)6-10(7)20(18,19)14-8(2)11(15)13-3/h4-6,8,14H,1-3H3,(H,13,15)(H,16,17). The summed E-state index contributed by atoms with van der Waals surface area (Å²) < 4.78 is 26.5. The zero-order valence-corrected chi connectivity index (χ0v) is 12.1. The summed E-state index contributed by atoms with van der Waals surface area (Å²) in [5, 5.41) is 11.2. The molecule has 1 aromatic carbocycles. The van der Waals surface area contributed by atoms with E-state index in [1.54, 1.807) is 6.92 Å². The molecule has 0 bridgehead atoms. The number of nitrogens with one attached hydrogen (secondary N) is 2. The van der Waals surface area contributed by atoms with Crippen LogP contribution in [0.15, 0.2) is 23.1 Å². The fraction of sp³-hybridized carbons (Fsp3) is 0.333. The molecule has 1 unspecified atom stereocenters. The van der Waals surface area contributed by atoms with Crippen molar-refractivity contribution in [2.75, 3.05) is 7.05 Å². The quantitative estimate of drug-likeness (QED) is 0.714. The Morgan fingerprint density at radius 3 is 2.40 bits per heavy atom. The Kier molecular flexibility index (Phi) is 4.85. The van der Waals surface area contributed by atoms with Crippen molar-refractivity contribution in [3.63, 3.8) is 0 Å². The van der Waals surface area contributed by atoms with Crippen molar-refractivity contribution in [1.29, 1.82) is 0 Å². The molecule has 0 radical (unpaired) electrons. The van der Waals surface area contributed by atoms with Crippen LogP contribution in [0.1, 0.15) is 22.8 Å². The molecule has 0 heterocycles. The first-order valence-corrected chi connectivity index (χ1v) is 7.25. The first kappa shape index (κ1) is 16.1. The number of likely N-dealkylation sites (N-methyl/N-ethyl adjacent to an activating group) is 1. The minimum atomic E-state index is -3.98. The fourth-order valence-electron chi connectivity index (χ4n) is 1.59. The molecule has 0 aromatic heterocycles. The number of aromatic carboxylic acids is 1. The number of rotatable bonds is 5. The van der Waals surface area contributed by atoms with E-state index in [0.29, 0.717) is 5.56 Å². The predicted octanol–water partition coefficient (Wildman–Crippen LogP) is 0.106. The zero-order chi connectivity index (χ0) is 15.5. The van der Waals surface area contributed by atoms with Gasteiger partial charge in [0.2, 0.25) is 15.9 Å². The molecule has 110 valence electrons. The Bertz CT molecular complexity index is 639. The summed E-state index contributed by atoms with van der Waals surface area (Å²) in [6.45, 7) is 2.94. The van der Waals surface area contributed by atoms with Gasteiger partial charge in [-0.25, -0.2) is 13.2 Å². The molecule has 3 N–H and O–H groups in total. The van der Waals surface area contributed by atoms with E-state index < -0.39 is 27.9 Å². The van der Waals surface area contributed by atoms with Crippen LogP contribution >= 0.6 is 0 Å². The van der Waals surface area contributed by atoms with Crippen LogP contribution in [0.2, 0.25) is 0 Å². The number of carbonyl (C=O) groups excluding carboxylic acids is 1. The molecule has 0 fully saturated rings. The van der Waals surface area contributed by atoms with Gasteiger partial charge in [0.25, 0.3) is 0 Å². The van der Waals surface area contributed by atoms with E-state index in [0.717, 1.165) is 6.07 Å². The predicted molar refractivity (Wildman–Crippen MR) is 72.0 cm³/mol. The van der Waals surface area contributed by atoms with E-state index >= 15 is 0 Å². The third-order valence-electron chi connectivity index (χ3n) is 2.70. The number of carboxylic acid groups (broad SMARTS) is 1. The first-order chi connectivity index (χ1) is 9.19. The van der Waals surface area contributed by atoms with Crippen molar-refractivity contribution < 1.29 is 23.1 Å². The van der Waals surface area contributed by atoms with Crippen LogP contribution < -0.4 is 10.0 Å². The Balaban J connectivity index is 3.18. The number of sulfonamides is 1. The maximum atomic E-state index is 12.2. The molecule has 0 aliphatic rings. The van der Waals surface area contributed by atoms with E-state index in [1.165, 1.54) is 26.1 Å². The fourth-order valence-corrected chi connectivity index (χ4v) is 3.06. The number of hydrogen-bond donors (Lipinski definition) is 3. The van der Waals surface area contributed by atoms with Crippen molar-refractivity contribution in [1.82, 2.24) is 10.0 Å². The van der Waals surface area contributed by atoms with Gasteiger partial charge in [-0.1, -0.05) is 6.07 Å². The Morgan fingerprint density at radius 1 is 1.30 bits per heavy atom. The molecule has 1 aromatic rings. The van der Waals surface area contributed by atoms with Crippen molar-refractivity contribution in [2.24, 2.45) is 0 Å². The van der Waals surface area contributed by atoms with Gasteiger partial charge < -0.3 is 10.4 Å². The number of amides is 1. The van der Waals surface area contributed by atoms with Crippen molar-refractivity contribution >= 4 is 21.9 Å². The van der Waals surface area contributed by atoms with Crippen LogP contribution in [-0.4, -0.2) is 38.5 Å². The molecule has 7 nitrogen and oxygen atoms in total. The second kappa shape index (κ2) is 6.02. The smallest absolute Gasteiger partial charge is 0.335 e. The SMILES string of the molecule is CNC(=O)C(C)NS(=O)(=O)c1cc(C(=O)O)ccc1C. The molecule has 0 aliphatic heterocycles. The first-order valence-electron chi connectivity index (χ1n) is 5.77. The van der Waals surface area contributed by atoms with Gasteiger partial charge in [0.15, 0.2) is 0 Å². The van der Waals surface area contributed by atoms with E-state index in [2.05, 4.69) is 10.0 Å². The molecule has 1 rings (SSSR count). The lowest BCUT2D eigenvalue weighted by Gasteiger charge is -2.14. The van der Waals surface area contributed by atoms with Gasteiger partial charge in [-0.3, -0.25) is 4.79 Å². The molecular formula is C12H16N2O5S. The van der Waals surface area contributed by atoms with Crippen LogP contribution in [0, 0.1) is 6.92 Å². The second-order valence-corrected chi connectivity index (χ2v) is 5.93. The summed E-state index contributed by atoms with van der Waals surface area (Å²) in [5.74, 6) is -1.71. The normalized spacial score (nSPS) is 12.8. The highest BCUT2D eigenvalue weighted by Crippen LogP contribution is 2.17. The summed E-state index contributed by atoms with van der Waals surface area (Å²) in [5.41, 5.74) is 0.259. The number of carboxylic acids is 1. The lowest BCUT2D eigenvalue weighted by atomic mass is 10.1. The number of benzene rings is 1. The Morgan fingerprint density at radius 2 is 1.90 bits per heavy atom. The number of aryl methyl sites for hydroxylation is 1. The van der Waals surface area contributed by atoms with Gasteiger partial charge in [-0.2, -0.15) is 4.72 Å². The van der Waals surface area contributed by atoms with Gasteiger partial charge in [0, 0.05) is 7.05 Å². The lowest BCUT2D eigenvalue weighted by Crippen LogP contribution is -2.43. The molecule has 0 saturated heterocycles. The third kappa shape index (κ3) is 3.55.